The van der Waals surface area contributed by atoms with Gasteiger partial charge >= 0.3 is 0 Å². The van der Waals surface area contributed by atoms with Crippen molar-refractivity contribution in [1.82, 2.24) is 5.32 Å². The number of aliphatic hydroxyl groups excluding tert-OH is 1. The summed E-state index contributed by atoms with van der Waals surface area (Å²) >= 11 is 0. The molecule has 2 heteroatoms. The van der Waals surface area contributed by atoms with E-state index in [-0.39, 0.29) is 12.1 Å². The van der Waals surface area contributed by atoms with Crippen LogP contribution in [0.2, 0.25) is 0 Å². The van der Waals surface area contributed by atoms with Crippen molar-refractivity contribution in [3.63, 3.8) is 0 Å². The highest BCUT2D eigenvalue weighted by Crippen LogP contribution is 2.15. The van der Waals surface area contributed by atoms with E-state index in [0.717, 1.165) is 13.0 Å². The Hall–Kier alpha value is -0.860. The van der Waals surface area contributed by atoms with Gasteiger partial charge in [0.25, 0.3) is 0 Å². The molecule has 0 saturated carbocycles. The molecule has 0 heterocycles. The Kier molecular flexibility index (Phi) is 4.51. The fourth-order valence-corrected chi connectivity index (χ4v) is 1.82. The van der Waals surface area contributed by atoms with Gasteiger partial charge in [0.1, 0.15) is 0 Å². The summed E-state index contributed by atoms with van der Waals surface area (Å²) in [6.45, 7) is 9.62. The number of aryl methyl sites for hydroxylation is 2. The van der Waals surface area contributed by atoms with E-state index in [1.165, 1.54) is 16.7 Å². The fourth-order valence-electron chi connectivity index (χ4n) is 1.82. The Balaban J connectivity index is 2.68. The molecule has 90 valence electrons. The van der Waals surface area contributed by atoms with Gasteiger partial charge in [-0.15, -0.1) is 0 Å². The van der Waals surface area contributed by atoms with Gasteiger partial charge in [0.15, 0.2) is 0 Å². The Labute approximate surface area is 98.7 Å². The zero-order chi connectivity index (χ0) is 12.2. The van der Waals surface area contributed by atoms with Crippen LogP contribution in [0.25, 0.3) is 0 Å². The van der Waals surface area contributed by atoms with Crippen molar-refractivity contribution >= 4 is 0 Å². The largest absolute Gasteiger partial charge is 0.396 e. The first kappa shape index (κ1) is 13.2. The molecule has 0 atom stereocenters. The molecule has 0 bridgehead atoms. The molecule has 0 fully saturated rings. The fraction of sp³-hybridized carbons (Fsp3) is 0.571. The molecule has 0 aromatic heterocycles. The highest BCUT2D eigenvalue weighted by molar-refractivity contribution is 5.33. The Bertz CT molecular complexity index is 324. The second kappa shape index (κ2) is 5.46. The summed E-state index contributed by atoms with van der Waals surface area (Å²) in [7, 11) is 0. The van der Waals surface area contributed by atoms with Crippen molar-refractivity contribution in [2.75, 3.05) is 6.61 Å². The maximum Gasteiger partial charge on any atom is 0.0448 e. The van der Waals surface area contributed by atoms with Crippen LogP contribution in [-0.2, 0) is 6.54 Å². The van der Waals surface area contributed by atoms with Gasteiger partial charge in [-0.3, -0.25) is 0 Å². The van der Waals surface area contributed by atoms with Crippen molar-refractivity contribution in [3.8, 4) is 0 Å². The minimum absolute atomic E-state index is 0.0104. The highest BCUT2D eigenvalue weighted by atomic mass is 16.3. The third-order valence-electron chi connectivity index (χ3n) is 3.12. The van der Waals surface area contributed by atoms with Crippen LogP contribution >= 0.6 is 0 Å². The summed E-state index contributed by atoms with van der Waals surface area (Å²) in [6.07, 6.45) is 0.776. The second-order valence-electron chi connectivity index (χ2n) is 5.08. The first-order chi connectivity index (χ1) is 7.46. The first-order valence-electron chi connectivity index (χ1n) is 5.87. The molecular formula is C14H23NO. The number of rotatable bonds is 5. The predicted molar refractivity (Wildman–Crippen MR) is 68.5 cm³/mol. The zero-order valence-corrected chi connectivity index (χ0v) is 10.8. The molecule has 0 radical (unpaired) electrons. The summed E-state index contributed by atoms with van der Waals surface area (Å²) < 4.78 is 0. The molecular weight excluding hydrogens is 198 g/mol. The summed E-state index contributed by atoms with van der Waals surface area (Å²) in [6, 6.07) is 6.37. The zero-order valence-electron chi connectivity index (χ0n) is 10.8. The van der Waals surface area contributed by atoms with Crippen LogP contribution in [0.3, 0.4) is 0 Å². The predicted octanol–water partition coefficient (Wildman–Crippen LogP) is 2.55. The van der Waals surface area contributed by atoms with Gasteiger partial charge < -0.3 is 10.4 Å². The van der Waals surface area contributed by atoms with Crippen LogP contribution in [0.5, 0.6) is 0 Å². The topological polar surface area (TPSA) is 32.3 Å². The number of hydrogen-bond acceptors (Lipinski definition) is 2. The normalized spacial score (nSPS) is 11.8. The third-order valence-corrected chi connectivity index (χ3v) is 3.12. The van der Waals surface area contributed by atoms with E-state index in [0.29, 0.717) is 0 Å². The van der Waals surface area contributed by atoms with E-state index in [1.54, 1.807) is 0 Å². The molecule has 1 aromatic carbocycles. The first-order valence-corrected chi connectivity index (χ1v) is 5.87. The minimum atomic E-state index is -0.0104. The van der Waals surface area contributed by atoms with Crippen LogP contribution in [-0.4, -0.2) is 17.3 Å². The molecule has 16 heavy (non-hydrogen) atoms. The van der Waals surface area contributed by atoms with Crippen LogP contribution in [0.1, 0.15) is 37.0 Å². The van der Waals surface area contributed by atoms with E-state index in [2.05, 4.69) is 51.2 Å². The lowest BCUT2D eigenvalue weighted by molar-refractivity contribution is 0.230. The molecule has 0 aliphatic carbocycles. The molecule has 2 N–H and O–H groups in total. The Morgan fingerprint density at radius 1 is 1.19 bits per heavy atom. The molecule has 0 spiro atoms. The highest BCUT2D eigenvalue weighted by Gasteiger charge is 2.16. The quantitative estimate of drug-likeness (QED) is 0.801. The molecule has 0 amide bonds. The monoisotopic (exact) mass is 221 g/mol. The van der Waals surface area contributed by atoms with E-state index < -0.39 is 0 Å². The Morgan fingerprint density at radius 3 is 2.25 bits per heavy atom. The molecule has 1 rings (SSSR count). The van der Waals surface area contributed by atoms with Crippen LogP contribution < -0.4 is 5.32 Å². The molecule has 0 saturated heterocycles. The van der Waals surface area contributed by atoms with Gasteiger partial charge in [0, 0.05) is 18.7 Å². The van der Waals surface area contributed by atoms with Gasteiger partial charge in [-0.1, -0.05) is 18.2 Å². The van der Waals surface area contributed by atoms with Gasteiger partial charge in [-0.05, 0) is 50.8 Å². The van der Waals surface area contributed by atoms with Crippen molar-refractivity contribution in [3.05, 3.63) is 34.9 Å². The van der Waals surface area contributed by atoms with Gasteiger partial charge in [0.2, 0.25) is 0 Å². The van der Waals surface area contributed by atoms with E-state index in [9.17, 15) is 0 Å². The Morgan fingerprint density at radius 2 is 1.75 bits per heavy atom. The number of aliphatic hydroxyl groups is 1. The maximum absolute atomic E-state index is 8.97. The number of benzene rings is 1. The van der Waals surface area contributed by atoms with Gasteiger partial charge in [-0.25, -0.2) is 0 Å². The molecule has 2 nitrogen and oxygen atoms in total. The van der Waals surface area contributed by atoms with E-state index in [4.69, 9.17) is 5.11 Å². The lowest BCUT2D eigenvalue weighted by atomic mass is 9.98. The molecule has 0 aliphatic rings. The van der Waals surface area contributed by atoms with Crippen molar-refractivity contribution in [2.45, 2.75) is 46.2 Å². The smallest absolute Gasteiger partial charge is 0.0448 e. The van der Waals surface area contributed by atoms with Crippen molar-refractivity contribution in [1.29, 1.82) is 0 Å². The second-order valence-corrected chi connectivity index (χ2v) is 5.08. The molecule has 0 unspecified atom stereocenters. The van der Waals surface area contributed by atoms with E-state index in [1.807, 2.05) is 0 Å². The SMILES string of the molecule is Cc1cccc(C)c1CNC(C)(C)CCO. The molecule has 0 aliphatic heterocycles. The lowest BCUT2D eigenvalue weighted by Gasteiger charge is -2.26. The summed E-state index contributed by atoms with van der Waals surface area (Å²) in [5.41, 5.74) is 4.01. The number of nitrogens with one attached hydrogen (secondary N) is 1. The van der Waals surface area contributed by atoms with E-state index >= 15 is 0 Å². The summed E-state index contributed by atoms with van der Waals surface area (Å²) in [4.78, 5) is 0. The summed E-state index contributed by atoms with van der Waals surface area (Å²) in [5, 5.41) is 12.5. The summed E-state index contributed by atoms with van der Waals surface area (Å²) in [5.74, 6) is 0. The van der Waals surface area contributed by atoms with Crippen molar-refractivity contribution < 1.29 is 5.11 Å². The maximum atomic E-state index is 8.97. The minimum Gasteiger partial charge on any atom is -0.396 e. The number of hydrogen-bond donors (Lipinski definition) is 2. The van der Waals surface area contributed by atoms with Crippen molar-refractivity contribution in [2.24, 2.45) is 0 Å². The standard InChI is InChI=1S/C14H23NO/c1-11-6-5-7-12(2)13(11)10-15-14(3,4)8-9-16/h5-7,15-16H,8-10H2,1-4H3. The average molecular weight is 221 g/mol. The molecule has 1 aromatic rings. The van der Waals surface area contributed by atoms with Crippen LogP contribution in [0.4, 0.5) is 0 Å². The van der Waals surface area contributed by atoms with Gasteiger partial charge in [0.05, 0.1) is 0 Å². The van der Waals surface area contributed by atoms with Crippen LogP contribution in [0.15, 0.2) is 18.2 Å². The average Bonchev–Trinajstić information content (AvgIpc) is 2.16. The van der Waals surface area contributed by atoms with Gasteiger partial charge in [-0.2, -0.15) is 0 Å². The third kappa shape index (κ3) is 3.62. The lowest BCUT2D eigenvalue weighted by Crippen LogP contribution is -2.39. The van der Waals surface area contributed by atoms with Crippen LogP contribution in [0, 0.1) is 13.8 Å².